The molecule has 1 aromatic rings. The lowest BCUT2D eigenvalue weighted by molar-refractivity contribution is -0.147. The SMILES string of the molecule is CN(C)S(=O)(=O)CCON=CC1C(C(=O)OCc2c(Cl)c(Cl)c(Cl)c(Cl)c2Cl)C1(C)C. The van der Waals surface area contributed by atoms with Crippen LogP contribution in [0.15, 0.2) is 5.16 Å². The second-order valence-electron chi connectivity index (χ2n) is 7.67. The van der Waals surface area contributed by atoms with E-state index in [0.717, 1.165) is 4.31 Å². The highest BCUT2D eigenvalue weighted by Gasteiger charge is 2.62. The molecule has 2 rings (SSSR count). The van der Waals surface area contributed by atoms with Gasteiger partial charge in [-0.25, -0.2) is 12.7 Å². The van der Waals surface area contributed by atoms with Crippen molar-refractivity contribution >= 4 is 80.2 Å². The summed E-state index contributed by atoms with van der Waals surface area (Å²) in [6.45, 7) is 3.42. The molecule has 0 aromatic heterocycles. The van der Waals surface area contributed by atoms with E-state index in [2.05, 4.69) is 5.16 Å². The van der Waals surface area contributed by atoms with Gasteiger partial charge in [0.05, 0.1) is 31.0 Å². The van der Waals surface area contributed by atoms with Gasteiger partial charge < -0.3 is 9.57 Å². The lowest BCUT2D eigenvalue weighted by Crippen LogP contribution is -2.26. The number of carbonyl (C=O) groups is 1. The van der Waals surface area contributed by atoms with Crippen LogP contribution in [-0.2, 0) is 31.0 Å². The minimum Gasteiger partial charge on any atom is -0.460 e. The third-order valence-corrected chi connectivity index (χ3v) is 9.26. The Morgan fingerprint density at radius 1 is 1.06 bits per heavy atom. The molecular formula is C18H21Cl5N2O5S. The number of halogens is 5. The smallest absolute Gasteiger partial charge is 0.310 e. The van der Waals surface area contributed by atoms with Crippen molar-refractivity contribution in [3.8, 4) is 0 Å². The van der Waals surface area contributed by atoms with Gasteiger partial charge in [-0.2, -0.15) is 0 Å². The first-order valence-electron chi connectivity index (χ1n) is 8.96. The largest absolute Gasteiger partial charge is 0.460 e. The van der Waals surface area contributed by atoms with Crippen molar-refractivity contribution < 1.29 is 22.8 Å². The fourth-order valence-electron chi connectivity index (χ4n) is 2.90. The van der Waals surface area contributed by atoms with E-state index in [1.54, 1.807) is 0 Å². The van der Waals surface area contributed by atoms with Gasteiger partial charge in [0.15, 0.2) is 0 Å². The monoisotopic (exact) mass is 552 g/mol. The van der Waals surface area contributed by atoms with Crippen LogP contribution in [0.4, 0.5) is 0 Å². The van der Waals surface area contributed by atoms with E-state index in [0.29, 0.717) is 0 Å². The zero-order valence-corrected chi connectivity index (χ0v) is 21.7. The molecule has 2 unspecified atom stereocenters. The van der Waals surface area contributed by atoms with E-state index < -0.39 is 27.3 Å². The van der Waals surface area contributed by atoms with Gasteiger partial charge >= 0.3 is 5.97 Å². The number of nitrogens with zero attached hydrogens (tertiary/aromatic N) is 2. The Hall–Kier alpha value is -0.480. The lowest BCUT2D eigenvalue weighted by atomic mass is 10.1. The summed E-state index contributed by atoms with van der Waals surface area (Å²) in [4.78, 5) is 17.6. The van der Waals surface area contributed by atoms with E-state index in [4.69, 9.17) is 67.6 Å². The highest BCUT2D eigenvalue weighted by atomic mass is 35.5. The van der Waals surface area contributed by atoms with Crippen LogP contribution in [-0.4, -0.2) is 51.4 Å². The molecule has 1 aliphatic carbocycles. The number of ether oxygens (including phenoxy) is 1. The minimum atomic E-state index is -3.37. The zero-order valence-electron chi connectivity index (χ0n) is 17.1. The molecule has 2 atom stereocenters. The van der Waals surface area contributed by atoms with E-state index in [9.17, 15) is 13.2 Å². The molecule has 0 bridgehead atoms. The molecule has 0 saturated heterocycles. The Balaban J connectivity index is 1.95. The molecule has 174 valence electrons. The molecule has 13 heteroatoms. The van der Waals surface area contributed by atoms with E-state index in [1.807, 2.05) is 13.8 Å². The maximum Gasteiger partial charge on any atom is 0.310 e. The predicted octanol–water partition coefficient (Wildman–Crippen LogP) is 5.16. The van der Waals surface area contributed by atoms with Gasteiger partial charge in [0.1, 0.15) is 19.0 Å². The predicted molar refractivity (Wildman–Crippen MR) is 124 cm³/mol. The lowest BCUT2D eigenvalue weighted by Gasteiger charge is -2.13. The molecule has 1 fully saturated rings. The number of carbonyl (C=O) groups excluding carboxylic acids is 1. The van der Waals surface area contributed by atoms with Crippen LogP contribution in [0.3, 0.4) is 0 Å². The van der Waals surface area contributed by atoms with E-state index in [1.165, 1.54) is 20.3 Å². The summed E-state index contributed by atoms with van der Waals surface area (Å²) in [6, 6.07) is 0. The number of esters is 1. The third-order valence-electron chi connectivity index (χ3n) is 5.11. The van der Waals surface area contributed by atoms with Gasteiger partial charge in [-0.15, -0.1) is 0 Å². The molecular weight excluding hydrogens is 534 g/mol. The van der Waals surface area contributed by atoms with Crippen molar-refractivity contribution in [3.05, 3.63) is 30.7 Å². The Labute approximate surface area is 206 Å². The van der Waals surface area contributed by atoms with Gasteiger partial charge in [-0.05, 0) is 5.41 Å². The Morgan fingerprint density at radius 3 is 2.10 bits per heavy atom. The van der Waals surface area contributed by atoms with Gasteiger partial charge in [-0.1, -0.05) is 77.0 Å². The van der Waals surface area contributed by atoms with Crippen molar-refractivity contribution in [1.29, 1.82) is 0 Å². The number of benzene rings is 1. The number of oxime groups is 1. The van der Waals surface area contributed by atoms with Crippen molar-refractivity contribution in [2.45, 2.75) is 20.5 Å². The Morgan fingerprint density at radius 2 is 1.58 bits per heavy atom. The van der Waals surface area contributed by atoms with Crippen LogP contribution < -0.4 is 0 Å². The second kappa shape index (κ2) is 10.2. The van der Waals surface area contributed by atoms with Crippen LogP contribution in [0, 0.1) is 17.3 Å². The number of sulfonamides is 1. The number of hydrogen-bond acceptors (Lipinski definition) is 6. The maximum atomic E-state index is 12.6. The molecule has 0 heterocycles. The van der Waals surface area contributed by atoms with Crippen LogP contribution in [0.25, 0.3) is 0 Å². The molecule has 1 aromatic carbocycles. The summed E-state index contributed by atoms with van der Waals surface area (Å²) in [6.07, 6.45) is 1.48. The molecule has 1 saturated carbocycles. The normalized spacial score (nSPS) is 20.3. The van der Waals surface area contributed by atoms with Gasteiger partial charge in [0.2, 0.25) is 10.0 Å². The van der Waals surface area contributed by atoms with Crippen LogP contribution >= 0.6 is 58.0 Å². The molecule has 0 aliphatic heterocycles. The Bertz CT molecular complexity index is 969. The standard InChI is InChI=1S/C18H21Cl5N2O5S/c1-18(2)10(7-24-30-5-6-31(27,28)25(3)4)11(18)17(26)29-8-9-12(19)14(21)16(23)15(22)13(9)20/h7,10-11H,5-6,8H2,1-4H3. The van der Waals surface area contributed by atoms with E-state index in [-0.39, 0.29) is 55.6 Å². The first-order chi connectivity index (χ1) is 14.2. The molecule has 1 aliphatic rings. The molecule has 31 heavy (non-hydrogen) atoms. The highest BCUT2D eigenvalue weighted by molar-refractivity contribution is 7.89. The molecule has 0 spiro atoms. The molecule has 0 radical (unpaired) electrons. The third kappa shape index (κ3) is 5.91. The molecule has 0 N–H and O–H groups in total. The fourth-order valence-corrected chi connectivity index (χ4v) is 4.84. The summed E-state index contributed by atoms with van der Waals surface area (Å²) < 4.78 is 29.8. The van der Waals surface area contributed by atoms with Gasteiger partial charge in [0.25, 0.3) is 0 Å². The molecule has 0 amide bonds. The van der Waals surface area contributed by atoms with Crippen LogP contribution in [0.1, 0.15) is 19.4 Å². The molecule has 7 nitrogen and oxygen atoms in total. The first kappa shape index (κ1) is 26.8. The topological polar surface area (TPSA) is 85.3 Å². The van der Waals surface area contributed by atoms with Crippen molar-refractivity contribution in [2.75, 3.05) is 26.5 Å². The quantitative estimate of drug-likeness (QED) is 0.105. The van der Waals surface area contributed by atoms with Crippen molar-refractivity contribution in [2.24, 2.45) is 22.4 Å². The van der Waals surface area contributed by atoms with E-state index >= 15 is 0 Å². The van der Waals surface area contributed by atoms with Crippen LogP contribution in [0.5, 0.6) is 0 Å². The summed E-state index contributed by atoms with van der Waals surface area (Å²) in [7, 11) is -0.492. The average Bonchev–Trinajstić information content (AvgIpc) is 3.24. The summed E-state index contributed by atoms with van der Waals surface area (Å²) in [5.74, 6) is -1.40. The van der Waals surface area contributed by atoms with Crippen LogP contribution in [0.2, 0.25) is 25.1 Å². The summed E-state index contributed by atoms with van der Waals surface area (Å²) >= 11 is 30.3. The summed E-state index contributed by atoms with van der Waals surface area (Å²) in [5, 5.41) is 3.98. The van der Waals surface area contributed by atoms with Gasteiger partial charge in [-0.3, -0.25) is 4.79 Å². The minimum absolute atomic E-state index is 0.0198. The average molecular weight is 555 g/mol. The zero-order chi connectivity index (χ0) is 23.7. The Kier molecular flexibility index (Phi) is 8.81. The van der Waals surface area contributed by atoms with Crippen molar-refractivity contribution in [1.82, 2.24) is 4.31 Å². The van der Waals surface area contributed by atoms with Gasteiger partial charge in [0, 0.05) is 31.8 Å². The number of rotatable bonds is 9. The summed E-state index contributed by atoms with van der Waals surface area (Å²) in [5.41, 5.74) is -0.159. The van der Waals surface area contributed by atoms with Crippen molar-refractivity contribution in [3.63, 3.8) is 0 Å². The maximum absolute atomic E-state index is 12.6. The number of hydrogen-bond donors (Lipinski definition) is 0. The highest BCUT2D eigenvalue weighted by Crippen LogP contribution is 2.58. The second-order valence-corrected chi connectivity index (χ2v) is 11.9. The fraction of sp³-hybridized carbons (Fsp3) is 0.556. The first-order valence-corrected chi connectivity index (χ1v) is 12.5.